The van der Waals surface area contributed by atoms with Gasteiger partial charge in [0.15, 0.2) is 0 Å². The lowest BCUT2D eigenvalue weighted by Gasteiger charge is -2.21. The molecule has 0 aliphatic carbocycles. The van der Waals surface area contributed by atoms with Crippen molar-refractivity contribution in [1.29, 1.82) is 5.26 Å². The third kappa shape index (κ3) is 3.25. The van der Waals surface area contributed by atoms with E-state index < -0.39 is 0 Å². The number of rotatable bonds is 4. The molecule has 0 heterocycles. The Morgan fingerprint density at radius 1 is 1.31 bits per heavy atom. The summed E-state index contributed by atoms with van der Waals surface area (Å²) in [4.78, 5) is 2.08. The van der Waals surface area contributed by atoms with Crippen molar-refractivity contribution in [3.05, 3.63) is 29.8 Å². The monoisotopic (exact) mass is 217 g/mol. The van der Waals surface area contributed by atoms with Gasteiger partial charge in [-0.3, -0.25) is 0 Å². The molecule has 2 atom stereocenters. The molecule has 1 unspecified atom stereocenters. The van der Waals surface area contributed by atoms with Gasteiger partial charge in [-0.1, -0.05) is 12.1 Å². The van der Waals surface area contributed by atoms with Crippen molar-refractivity contribution in [2.75, 3.05) is 18.5 Å². The summed E-state index contributed by atoms with van der Waals surface area (Å²) in [5.41, 5.74) is 8.03. The lowest BCUT2D eigenvalue weighted by molar-refractivity contribution is 0.716. The van der Waals surface area contributed by atoms with Gasteiger partial charge in [-0.2, -0.15) is 5.26 Å². The minimum Gasteiger partial charge on any atom is -0.373 e. The molecule has 0 fully saturated rings. The van der Waals surface area contributed by atoms with Crippen LogP contribution in [0.3, 0.4) is 0 Å². The van der Waals surface area contributed by atoms with Gasteiger partial charge in [0.2, 0.25) is 0 Å². The van der Waals surface area contributed by atoms with E-state index in [1.54, 1.807) is 0 Å². The van der Waals surface area contributed by atoms with E-state index in [9.17, 15) is 0 Å². The molecule has 0 aromatic heterocycles. The van der Waals surface area contributed by atoms with E-state index in [0.29, 0.717) is 0 Å². The molecule has 0 aliphatic heterocycles. The standard InChI is InChI=1S/C13H19N3/c1-10(8-14)9-16(3)13-6-4-12(5-7-13)11(2)15/h4-7,10-11H,9,15H2,1-3H3/t10?,11-/m1/s1. The fraction of sp³-hybridized carbons (Fsp3) is 0.462. The molecule has 1 aromatic rings. The van der Waals surface area contributed by atoms with E-state index in [4.69, 9.17) is 11.0 Å². The van der Waals surface area contributed by atoms with E-state index in [2.05, 4.69) is 11.0 Å². The SMILES string of the molecule is CC(C#N)CN(C)c1ccc([C@@H](C)N)cc1. The molecule has 0 spiro atoms. The van der Waals surface area contributed by atoms with Crippen LogP contribution < -0.4 is 10.6 Å². The number of nitrogens with zero attached hydrogens (tertiary/aromatic N) is 2. The first-order valence-electron chi connectivity index (χ1n) is 5.51. The van der Waals surface area contributed by atoms with Crippen molar-refractivity contribution in [1.82, 2.24) is 0 Å². The Kier molecular flexibility index (Phi) is 4.33. The normalized spacial score (nSPS) is 13.9. The van der Waals surface area contributed by atoms with E-state index in [1.807, 2.05) is 45.2 Å². The van der Waals surface area contributed by atoms with Gasteiger partial charge in [-0.15, -0.1) is 0 Å². The summed E-state index contributed by atoms with van der Waals surface area (Å²) in [6.45, 7) is 4.64. The summed E-state index contributed by atoms with van der Waals surface area (Å²) in [7, 11) is 1.99. The van der Waals surface area contributed by atoms with Crippen molar-refractivity contribution in [2.24, 2.45) is 11.7 Å². The van der Waals surface area contributed by atoms with Crippen LogP contribution >= 0.6 is 0 Å². The summed E-state index contributed by atoms with van der Waals surface area (Å²) in [6, 6.07) is 10.5. The highest BCUT2D eigenvalue weighted by molar-refractivity contribution is 5.47. The van der Waals surface area contributed by atoms with Crippen LogP contribution in [0.4, 0.5) is 5.69 Å². The molecule has 86 valence electrons. The molecule has 0 aliphatic rings. The third-order valence-electron chi connectivity index (χ3n) is 2.63. The summed E-state index contributed by atoms with van der Waals surface area (Å²) >= 11 is 0. The lowest BCUT2D eigenvalue weighted by atomic mass is 10.1. The predicted molar refractivity (Wildman–Crippen MR) is 67.1 cm³/mol. The first kappa shape index (κ1) is 12.5. The lowest BCUT2D eigenvalue weighted by Crippen LogP contribution is -2.23. The van der Waals surface area contributed by atoms with Crippen LogP contribution in [0.2, 0.25) is 0 Å². The van der Waals surface area contributed by atoms with Gasteiger partial charge in [0.1, 0.15) is 0 Å². The van der Waals surface area contributed by atoms with Crippen LogP contribution in [0, 0.1) is 17.2 Å². The molecule has 0 radical (unpaired) electrons. The fourth-order valence-corrected chi connectivity index (χ4v) is 1.59. The summed E-state index contributed by atoms with van der Waals surface area (Å²) in [5.74, 6) is 0.0399. The van der Waals surface area contributed by atoms with Gasteiger partial charge < -0.3 is 10.6 Å². The topological polar surface area (TPSA) is 53.0 Å². The van der Waals surface area contributed by atoms with Crippen LogP contribution in [-0.4, -0.2) is 13.6 Å². The molecule has 0 amide bonds. The quantitative estimate of drug-likeness (QED) is 0.842. The molecule has 1 rings (SSSR count). The number of nitriles is 1. The van der Waals surface area contributed by atoms with E-state index >= 15 is 0 Å². The number of nitrogens with two attached hydrogens (primary N) is 1. The molecular weight excluding hydrogens is 198 g/mol. The van der Waals surface area contributed by atoms with Gasteiger partial charge in [0.05, 0.1) is 12.0 Å². The number of hydrogen-bond acceptors (Lipinski definition) is 3. The Hall–Kier alpha value is -1.53. The van der Waals surface area contributed by atoms with Gasteiger partial charge in [0, 0.05) is 25.3 Å². The molecule has 3 nitrogen and oxygen atoms in total. The fourth-order valence-electron chi connectivity index (χ4n) is 1.59. The Balaban J connectivity index is 2.71. The highest BCUT2D eigenvalue weighted by Crippen LogP contribution is 2.17. The average Bonchev–Trinajstić information content (AvgIpc) is 2.28. The van der Waals surface area contributed by atoms with E-state index in [0.717, 1.165) is 17.8 Å². The largest absolute Gasteiger partial charge is 0.373 e. The second-order valence-corrected chi connectivity index (χ2v) is 4.29. The van der Waals surface area contributed by atoms with Gasteiger partial charge >= 0.3 is 0 Å². The van der Waals surface area contributed by atoms with Crippen LogP contribution in [0.5, 0.6) is 0 Å². The number of benzene rings is 1. The molecule has 0 bridgehead atoms. The zero-order chi connectivity index (χ0) is 12.1. The van der Waals surface area contributed by atoms with Crippen LogP contribution in [0.25, 0.3) is 0 Å². The molecule has 0 saturated heterocycles. The van der Waals surface area contributed by atoms with Crippen molar-refractivity contribution < 1.29 is 0 Å². The van der Waals surface area contributed by atoms with Crippen LogP contribution in [0.15, 0.2) is 24.3 Å². The highest BCUT2D eigenvalue weighted by atomic mass is 15.1. The Labute approximate surface area is 97.5 Å². The third-order valence-corrected chi connectivity index (χ3v) is 2.63. The first-order chi connectivity index (χ1) is 7.54. The summed E-state index contributed by atoms with van der Waals surface area (Å²) < 4.78 is 0. The van der Waals surface area contributed by atoms with Gasteiger partial charge in [-0.25, -0.2) is 0 Å². The molecule has 1 aromatic carbocycles. The molecule has 0 saturated carbocycles. The van der Waals surface area contributed by atoms with Crippen LogP contribution in [-0.2, 0) is 0 Å². The maximum Gasteiger partial charge on any atom is 0.0671 e. The second kappa shape index (κ2) is 5.53. The van der Waals surface area contributed by atoms with Crippen molar-refractivity contribution in [3.63, 3.8) is 0 Å². The minimum atomic E-state index is 0.0399. The molecular formula is C13H19N3. The molecule has 16 heavy (non-hydrogen) atoms. The van der Waals surface area contributed by atoms with Crippen molar-refractivity contribution in [2.45, 2.75) is 19.9 Å². The maximum absolute atomic E-state index is 8.75. The Bertz CT molecular complexity index is 362. The maximum atomic E-state index is 8.75. The van der Waals surface area contributed by atoms with E-state index in [1.165, 1.54) is 0 Å². The zero-order valence-corrected chi connectivity index (χ0v) is 10.1. The smallest absolute Gasteiger partial charge is 0.0671 e. The Morgan fingerprint density at radius 2 is 1.88 bits per heavy atom. The Morgan fingerprint density at radius 3 is 2.31 bits per heavy atom. The van der Waals surface area contributed by atoms with Crippen molar-refractivity contribution >= 4 is 5.69 Å². The second-order valence-electron chi connectivity index (χ2n) is 4.29. The van der Waals surface area contributed by atoms with Crippen molar-refractivity contribution in [3.8, 4) is 6.07 Å². The first-order valence-corrected chi connectivity index (χ1v) is 5.51. The number of anilines is 1. The minimum absolute atomic E-state index is 0.0399. The summed E-state index contributed by atoms with van der Waals surface area (Å²) in [6.07, 6.45) is 0. The van der Waals surface area contributed by atoms with E-state index in [-0.39, 0.29) is 12.0 Å². The summed E-state index contributed by atoms with van der Waals surface area (Å²) in [5, 5.41) is 8.75. The van der Waals surface area contributed by atoms with Gasteiger partial charge in [0.25, 0.3) is 0 Å². The zero-order valence-electron chi connectivity index (χ0n) is 10.1. The number of hydrogen-bond donors (Lipinski definition) is 1. The average molecular weight is 217 g/mol. The molecule has 3 heteroatoms. The highest BCUT2D eigenvalue weighted by Gasteiger charge is 2.06. The predicted octanol–water partition coefficient (Wildman–Crippen LogP) is 2.30. The van der Waals surface area contributed by atoms with Crippen LogP contribution in [0.1, 0.15) is 25.5 Å². The molecule has 2 N–H and O–H groups in total. The van der Waals surface area contributed by atoms with Gasteiger partial charge in [-0.05, 0) is 31.5 Å².